The van der Waals surface area contributed by atoms with Gasteiger partial charge < -0.3 is 9.40 Å². The van der Waals surface area contributed by atoms with Gasteiger partial charge in [-0.2, -0.15) is 0 Å². The minimum absolute atomic E-state index is 0.912. The molecule has 0 radical (unpaired) electrons. The molecule has 2 nitrogen and oxygen atoms in total. The Morgan fingerprint density at radius 1 is 0.583 bits per heavy atom. The van der Waals surface area contributed by atoms with E-state index in [1.165, 1.54) is 38.4 Å². The Morgan fingerprint density at radius 3 is 2.14 bits per heavy atom. The van der Waals surface area contributed by atoms with Crippen molar-refractivity contribution >= 4 is 55.8 Å². The highest BCUT2D eigenvalue weighted by Gasteiger charge is 2.24. The third kappa shape index (κ3) is 2.40. The van der Waals surface area contributed by atoms with Crippen LogP contribution < -0.4 is 0 Å². The van der Waals surface area contributed by atoms with Gasteiger partial charge in [-0.15, -0.1) is 0 Å². The number of furan rings is 1. The van der Waals surface area contributed by atoms with Gasteiger partial charge in [-0.25, -0.2) is 0 Å². The molecule has 0 atom stereocenters. The molecule has 5 aromatic carbocycles. The van der Waals surface area contributed by atoms with Crippen LogP contribution in [0.4, 0.5) is 0 Å². The average Bonchev–Trinajstić information content (AvgIpc) is 3.58. The Bertz CT molecular complexity index is 2080. The number of nitrogens with one attached hydrogen (secondary N) is 1. The summed E-state index contributed by atoms with van der Waals surface area (Å²) in [6.07, 6.45) is 3.74. The Labute approximate surface area is 207 Å². The van der Waals surface area contributed by atoms with Crippen molar-refractivity contribution in [3.63, 3.8) is 0 Å². The monoisotopic (exact) mass is 459 g/mol. The van der Waals surface area contributed by atoms with Crippen molar-refractivity contribution in [3.05, 3.63) is 109 Å². The summed E-state index contributed by atoms with van der Waals surface area (Å²) in [5.74, 6) is 0. The molecule has 2 heterocycles. The summed E-state index contributed by atoms with van der Waals surface area (Å²) in [7, 11) is 0. The third-order valence-corrected chi connectivity index (χ3v) is 7.71. The fraction of sp³-hybridized carbons (Fsp3) is 0. The Hall–Kier alpha value is -4.82. The second kappa shape index (κ2) is 6.87. The van der Waals surface area contributed by atoms with Crippen LogP contribution in [0.1, 0.15) is 11.3 Å². The van der Waals surface area contributed by atoms with E-state index in [-0.39, 0.29) is 0 Å². The van der Waals surface area contributed by atoms with Gasteiger partial charge in [0.15, 0.2) is 0 Å². The predicted octanol–water partition coefficient (Wildman–Crippen LogP) is 9.82. The molecule has 1 aliphatic carbocycles. The van der Waals surface area contributed by atoms with E-state index in [0.717, 1.165) is 49.8 Å². The number of aromatic amines is 1. The molecule has 0 fully saturated rings. The average molecular weight is 460 g/mol. The number of hydrogen-bond donors (Lipinski definition) is 1. The molecule has 2 heteroatoms. The van der Waals surface area contributed by atoms with Gasteiger partial charge in [-0.3, -0.25) is 0 Å². The van der Waals surface area contributed by atoms with Crippen molar-refractivity contribution in [2.45, 2.75) is 0 Å². The highest BCUT2D eigenvalue weighted by molar-refractivity contribution is 6.28. The van der Waals surface area contributed by atoms with Gasteiger partial charge in [0.05, 0.1) is 0 Å². The van der Waals surface area contributed by atoms with E-state index in [2.05, 4.69) is 103 Å². The summed E-state index contributed by atoms with van der Waals surface area (Å²) in [5, 5.41) is 6.05. The van der Waals surface area contributed by atoms with Crippen molar-refractivity contribution in [1.29, 1.82) is 0 Å². The first kappa shape index (κ1) is 19.5. The van der Waals surface area contributed by atoms with Gasteiger partial charge >= 0.3 is 0 Å². The fourth-order valence-electron chi connectivity index (χ4n) is 6.11. The SMILES string of the molecule is C=Cc1[nH]c2ccc(-c3ccc4oc5cc6c7c(cccc7c5c4c3)-c3ccccc3-6)cc2c1C=C. The first-order valence-corrected chi connectivity index (χ1v) is 12.2. The summed E-state index contributed by atoms with van der Waals surface area (Å²) < 4.78 is 6.43. The zero-order chi connectivity index (χ0) is 24.0. The molecule has 1 N–H and O–H groups in total. The van der Waals surface area contributed by atoms with Crippen LogP contribution in [0.5, 0.6) is 0 Å². The number of hydrogen-bond acceptors (Lipinski definition) is 1. The molecule has 0 unspecified atom stereocenters. The number of H-pyrrole nitrogens is 1. The van der Waals surface area contributed by atoms with Crippen molar-refractivity contribution < 1.29 is 4.42 Å². The first-order chi connectivity index (χ1) is 17.7. The minimum atomic E-state index is 0.912. The molecule has 36 heavy (non-hydrogen) atoms. The molecule has 0 bridgehead atoms. The summed E-state index contributed by atoms with van der Waals surface area (Å²) in [6, 6.07) is 30.6. The van der Waals surface area contributed by atoms with Gasteiger partial charge in [-0.05, 0) is 80.6 Å². The molecule has 0 saturated carbocycles. The van der Waals surface area contributed by atoms with Crippen LogP contribution in [0.2, 0.25) is 0 Å². The Balaban J connectivity index is 1.41. The van der Waals surface area contributed by atoms with Crippen LogP contribution in [-0.2, 0) is 0 Å². The largest absolute Gasteiger partial charge is 0.456 e. The van der Waals surface area contributed by atoms with Crippen LogP contribution in [-0.4, -0.2) is 4.98 Å². The second-order valence-corrected chi connectivity index (χ2v) is 9.50. The topological polar surface area (TPSA) is 28.9 Å². The number of rotatable bonds is 3. The third-order valence-electron chi connectivity index (χ3n) is 7.71. The van der Waals surface area contributed by atoms with Gasteiger partial charge in [0.2, 0.25) is 0 Å². The highest BCUT2D eigenvalue weighted by Crippen LogP contribution is 2.50. The van der Waals surface area contributed by atoms with Gasteiger partial charge in [0, 0.05) is 32.9 Å². The molecular formula is C34H21NO. The maximum absolute atomic E-state index is 6.43. The molecule has 0 spiro atoms. The number of fused-ring (bicyclic) bond motifs is 8. The molecule has 7 aromatic rings. The minimum Gasteiger partial charge on any atom is -0.456 e. The number of benzene rings is 5. The van der Waals surface area contributed by atoms with Gasteiger partial charge in [0.25, 0.3) is 0 Å². The smallest absolute Gasteiger partial charge is 0.136 e. The van der Waals surface area contributed by atoms with Crippen LogP contribution in [0.15, 0.2) is 103 Å². The predicted molar refractivity (Wildman–Crippen MR) is 153 cm³/mol. The lowest BCUT2D eigenvalue weighted by molar-refractivity contribution is 0.669. The molecule has 2 aromatic heterocycles. The summed E-state index contributed by atoms with van der Waals surface area (Å²) in [5.41, 5.74) is 12.5. The number of aromatic nitrogens is 1. The van der Waals surface area contributed by atoms with E-state index >= 15 is 0 Å². The van der Waals surface area contributed by atoms with Gasteiger partial charge in [0.1, 0.15) is 11.2 Å². The molecule has 1 aliphatic rings. The van der Waals surface area contributed by atoms with E-state index in [1.54, 1.807) is 0 Å². The van der Waals surface area contributed by atoms with Crippen LogP contribution in [0, 0.1) is 0 Å². The molecule has 0 aliphatic heterocycles. The first-order valence-electron chi connectivity index (χ1n) is 12.2. The Morgan fingerprint density at radius 2 is 1.33 bits per heavy atom. The standard InChI is InChI=1S/C34H21NO/c1-3-21-26-16-19(12-14-30(26)35-29(21)4-2)20-13-15-31-28(17-20)34-25-11-7-10-24-22-8-5-6-9-23(22)27(33(24)25)18-32(34)36-31/h3-18,35H,1-2H2. The summed E-state index contributed by atoms with van der Waals surface area (Å²) in [4.78, 5) is 3.43. The molecule has 0 saturated heterocycles. The maximum atomic E-state index is 6.43. The zero-order valence-electron chi connectivity index (χ0n) is 19.6. The lowest BCUT2D eigenvalue weighted by Gasteiger charge is -2.05. The zero-order valence-corrected chi connectivity index (χ0v) is 19.6. The van der Waals surface area contributed by atoms with E-state index in [9.17, 15) is 0 Å². The summed E-state index contributed by atoms with van der Waals surface area (Å²) in [6.45, 7) is 7.95. The van der Waals surface area contributed by atoms with Crippen molar-refractivity contribution in [2.24, 2.45) is 0 Å². The lowest BCUT2D eigenvalue weighted by Crippen LogP contribution is -1.80. The van der Waals surface area contributed by atoms with Crippen molar-refractivity contribution in [3.8, 4) is 33.4 Å². The fourth-order valence-corrected chi connectivity index (χ4v) is 6.11. The molecule has 0 amide bonds. The van der Waals surface area contributed by atoms with E-state index in [4.69, 9.17) is 4.42 Å². The van der Waals surface area contributed by atoms with Crippen LogP contribution >= 0.6 is 0 Å². The maximum Gasteiger partial charge on any atom is 0.136 e. The van der Waals surface area contributed by atoms with E-state index < -0.39 is 0 Å². The highest BCUT2D eigenvalue weighted by atomic mass is 16.3. The van der Waals surface area contributed by atoms with Crippen molar-refractivity contribution in [2.75, 3.05) is 0 Å². The quantitative estimate of drug-likeness (QED) is 0.280. The van der Waals surface area contributed by atoms with Crippen LogP contribution in [0.3, 0.4) is 0 Å². The second-order valence-electron chi connectivity index (χ2n) is 9.50. The summed E-state index contributed by atoms with van der Waals surface area (Å²) >= 11 is 0. The molecule has 8 rings (SSSR count). The molecular weight excluding hydrogens is 438 g/mol. The van der Waals surface area contributed by atoms with Crippen molar-refractivity contribution in [1.82, 2.24) is 4.98 Å². The van der Waals surface area contributed by atoms with Crippen LogP contribution in [0.25, 0.3) is 89.1 Å². The molecule has 168 valence electrons. The Kier molecular flexibility index (Phi) is 3.72. The van der Waals surface area contributed by atoms with Gasteiger partial charge in [-0.1, -0.05) is 73.8 Å². The van der Waals surface area contributed by atoms with E-state index in [1.807, 2.05) is 12.2 Å². The lowest BCUT2D eigenvalue weighted by atomic mass is 9.96. The van der Waals surface area contributed by atoms with E-state index in [0.29, 0.717) is 0 Å². The normalized spacial score (nSPS) is 12.1.